The number of anilines is 2. The molecule has 3 aromatic rings. The Kier molecular flexibility index (Phi) is 6.50. The molecule has 4 N–H and O–H groups in total. The topological polar surface area (TPSA) is 173 Å². The summed E-state index contributed by atoms with van der Waals surface area (Å²) in [5.41, 5.74) is 10.5. The Hall–Kier alpha value is -5.39. The van der Waals surface area contributed by atoms with Crippen molar-refractivity contribution < 1.29 is 28.7 Å². The van der Waals surface area contributed by atoms with E-state index < -0.39 is 42.2 Å². The second kappa shape index (κ2) is 10.3. The minimum absolute atomic E-state index is 0.0147. The summed E-state index contributed by atoms with van der Waals surface area (Å²) in [6, 6.07) is 14.2. The van der Waals surface area contributed by atoms with Crippen LogP contribution in [-0.2, 0) is 27.2 Å². The maximum absolute atomic E-state index is 13.2. The summed E-state index contributed by atoms with van der Waals surface area (Å²) >= 11 is 0. The van der Waals surface area contributed by atoms with Crippen LogP contribution in [0.4, 0.5) is 22.7 Å². The van der Waals surface area contributed by atoms with Gasteiger partial charge in [0, 0.05) is 17.8 Å². The molecule has 1 fully saturated rings. The first kappa shape index (κ1) is 25.9. The van der Waals surface area contributed by atoms with Gasteiger partial charge < -0.3 is 15.8 Å². The second-order valence-electron chi connectivity index (χ2n) is 9.89. The van der Waals surface area contributed by atoms with Gasteiger partial charge in [-0.05, 0) is 78.9 Å². The highest BCUT2D eigenvalue weighted by atomic mass is 16.5. The van der Waals surface area contributed by atoms with Gasteiger partial charge in [0.2, 0.25) is 11.8 Å². The van der Waals surface area contributed by atoms with Crippen LogP contribution in [0.15, 0.2) is 64.8 Å². The second-order valence-corrected chi connectivity index (χ2v) is 9.89. The van der Waals surface area contributed by atoms with E-state index in [1.165, 1.54) is 18.2 Å². The van der Waals surface area contributed by atoms with Crippen molar-refractivity contribution in [2.45, 2.75) is 31.7 Å². The van der Waals surface area contributed by atoms with Crippen LogP contribution in [0, 0.1) is 0 Å². The zero-order chi connectivity index (χ0) is 28.7. The molecule has 12 nitrogen and oxygen atoms in total. The number of ether oxygens (including phenoxy) is 1. The number of imide groups is 2. The average Bonchev–Trinajstić information content (AvgIpc) is 3.19. The maximum Gasteiger partial charge on any atom is 0.266 e. The quantitative estimate of drug-likeness (QED) is 0.322. The van der Waals surface area contributed by atoms with Crippen molar-refractivity contribution in [2.75, 3.05) is 17.7 Å². The Morgan fingerprint density at radius 1 is 0.951 bits per heavy atom. The Labute approximate surface area is 233 Å². The molecule has 6 rings (SSSR count). The minimum atomic E-state index is -1.10. The molecule has 3 aliphatic heterocycles. The molecule has 1 unspecified atom stereocenters. The summed E-state index contributed by atoms with van der Waals surface area (Å²) in [6.07, 6.45) is 1.42. The largest absolute Gasteiger partial charge is 0.483 e. The number of azo groups is 1. The van der Waals surface area contributed by atoms with Gasteiger partial charge in [-0.2, -0.15) is 10.2 Å². The number of nitrogens with one attached hydrogen (secondary N) is 2. The number of carbonyl (C=O) groups excluding carboxylic acids is 5. The molecular formula is C29H24N6O6. The Bertz CT molecular complexity index is 1680. The van der Waals surface area contributed by atoms with Gasteiger partial charge in [0.05, 0.1) is 22.5 Å². The summed E-state index contributed by atoms with van der Waals surface area (Å²) in [4.78, 5) is 63.7. The van der Waals surface area contributed by atoms with Gasteiger partial charge in [-0.15, -0.1) is 0 Å². The van der Waals surface area contributed by atoms with Crippen LogP contribution in [0.1, 0.15) is 44.7 Å². The minimum Gasteiger partial charge on any atom is -0.483 e. The summed E-state index contributed by atoms with van der Waals surface area (Å²) in [7, 11) is 0. The number of carbonyl (C=O) groups is 5. The van der Waals surface area contributed by atoms with E-state index in [4.69, 9.17) is 10.5 Å². The van der Waals surface area contributed by atoms with Gasteiger partial charge in [0.25, 0.3) is 17.7 Å². The molecule has 0 spiro atoms. The van der Waals surface area contributed by atoms with E-state index in [1.807, 2.05) is 18.2 Å². The summed E-state index contributed by atoms with van der Waals surface area (Å²) in [6.45, 7) is -0.431. The smallest absolute Gasteiger partial charge is 0.266 e. The van der Waals surface area contributed by atoms with Gasteiger partial charge in [-0.1, -0.05) is 6.07 Å². The fraction of sp³-hybridized carbons (Fsp3) is 0.207. The third-order valence-corrected chi connectivity index (χ3v) is 7.18. The standard InChI is InChI=1S/C29H24N6O6/c30-17-6-8-20-15(12-17)4-5-16-13-18(7-9-21(16)34-33-20)31-25(37)14-41-23-3-1-2-19-26(23)29(40)35(28(19)39)22-10-11-24(36)32-27(22)38/h1-3,6-9,12-13,22H,4-5,10-11,14,30H2,(H,31,37)(H,32,36,38). The van der Waals surface area contributed by atoms with Crippen molar-refractivity contribution >= 4 is 52.3 Å². The lowest BCUT2D eigenvalue weighted by Gasteiger charge is -2.27. The molecular weight excluding hydrogens is 528 g/mol. The Balaban J connectivity index is 1.13. The van der Waals surface area contributed by atoms with Crippen molar-refractivity contribution in [2.24, 2.45) is 10.2 Å². The van der Waals surface area contributed by atoms with E-state index in [2.05, 4.69) is 20.9 Å². The molecule has 1 atom stereocenters. The monoisotopic (exact) mass is 552 g/mol. The van der Waals surface area contributed by atoms with E-state index in [0.717, 1.165) is 21.7 Å². The van der Waals surface area contributed by atoms with Crippen LogP contribution in [0.25, 0.3) is 0 Å². The van der Waals surface area contributed by atoms with E-state index in [0.29, 0.717) is 29.9 Å². The molecule has 0 bridgehead atoms. The number of aryl methyl sites for hydroxylation is 2. The van der Waals surface area contributed by atoms with E-state index in [9.17, 15) is 24.0 Å². The van der Waals surface area contributed by atoms with E-state index >= 15 is 0 Å². The summed E-state index contributed by atoms with van der Waals surface area (Å²) in [5, 5.41) is 13.6. The Morgan fingerprint density at radius 2 is 1.68 bits per heavy atom. The van der Waals surface area contributed by atoms with Crippen molar-refractivity contribution in [3.63, 3.8) is 0 Å². The first-order valence-electron chi connectivity index (χ1n) is 13.0. The first-order chi connectivity index (χ1) is 19.8. The lowest BCUT2D eigenvalue weighted by atomic mass is 10.00. The van der Waals surface area contributed by atoms with Crippen LogP contribution in [0.5, 0.6) is 5.75 Å². The molecule has 1 saturated heterocycles. The SMILES string of the molecule is Nc1ccc2c(c1)CCc1cc(NC(=O)COc3cccc4c3C(=O)N(C3CCC(=O)NC3=O)C4=O)ccc1N=N2. The van der Waals surface area contributed by atoms with Crippen LogP contribution in [0.3, 0.4) is 0 Å². The third kappa shape index (κ3) is 4.91. The van der Waals surface area contributed by atoms with Gasteiger partial charge >= 0.3 is 0 Å². The highest BCUT2D eigenvalue weighted by molar-refractivity contribution is 6.24. The van der Waals surface area contributed by atoms with Gasteiger partial charge in [0.15, 0.2) is 6.61 Å². The lowest BCUT2D eigenvalue weighted by Crippen LogP contribution is -2.54. The molecule has 3 aliphatic rings. The van der Waals surface area contributed by atoms with Gasteiger partial charge in [0.1, 0.15) is 11.8 Å². The number of hydrogen-bond acceptors (Lipinski definition) is 9. The van der Waals surface area contributed by atoms with Gasteiger partial charge in [-0.25, -0.2) is 0 Å². The highest BCUT2D eigenvalue weighted by Crippen LogP contribution is 2.34. The fourth-order valence-corrected chi connectivity index (χ4v) is 5.19. The number of hydrogen-bond donors (Lipinski definition) is 3. The molecule has 5 amide bonds. The molecule has 0 aliphatic carbocycles. The van der Waals surface area contributed by atoms with Crippen LogP contribution in [0.2, 0.25) is 0 Å². The predicted molar refractivity (Wildman–Crippen MR) is 146 cm³/mol. The summed E-state index contributed by atoms with van der Waals surface area (Å²) in [5.74, 6) is -2.96. The number of benzene rings is 3. The zero-order valence-corrected chi connectivity index (χ0v) is 21.7. The zero-order valence-electron chi connectivity index (χ0n) is 21.7. The number of fused-ring (bicyclic) bond motifs is 3. The average molecular weight is 553 g/mol. The van der Waals surface area contributed by atoms with Crippen molar-refractivity contribution in [3.8, 4) is 5.75 Å². The van der Waals surface area contributed by atoms with Crippen molar-refractivity contribution in [3.05, 3.63) is 76.9 Å². The van der Waals surface area contributed by atoms with Crippen LogP contribution in [-0.4, -0.2) is 47.1 Å². The summed E-state index contributed by atoms with van der Waals surface area (Å²) < 4.78 is 5.67. The molecule has 3 aromatic carbocycles. The van der Waals surface area contributed by atoms with Crippen molar-refractivity contribution in [1.82, 2.24) is 10.2 Å². The molecule has 206 valence electrons. The highest BCUT2D eigenvalue weighted by Gasteiger charge is 2.46. The Morgan fingerprint density at radius 3 is 2.44 bits per heavy atom. The number of nitrogens with zero attached hydrogens (tertiary/aromatic N) is 3. The third-order valence-electron chi connectivity index (χ3n) is 7.18. The molecule has 3 heterocycles. The van der Waals surface area contributed by atoms with Gasteiger partial charge in [-0.3, -0.25) is 34.2 Å². The molecule has 0 aromatic heterocycles. The molecule has 0 radical (unpaired) electrons. The van der Waals surface area contributed by atoms with Crippen molar-refractivity contribution in [1.29, 1.82) is 0 Å². The number of nitrogens with two attached hydrogens (primary N) is 1. The van der Waals surface area contributed by atoms with Crippen LogP contribution >= 0.6 is 0 Å². The molecule has 0 saturated carbocycles. The van der Waals surface area contributed by atoms with E-state index in [1.54, 1.807) is 18.2 Å². The number of piperidine rings is 1. The first-order valence-corrected chi connectivity index (χ1v) is 13.0. The molecule has 41 heavy (non-hydrogen) atoms. The predicted octanol–water partition coefficient (Wildman–Crippen LogP) is 3.20. The number of rotatable bonds is 5. The number of amides is 5. The normalized spacial score (nSPS) is 17.7. The number of nitrogen functional groups attached to an aromatic ring is 1. The van der Waals surface area contributed by atoms with E-state index in [-0.39, 0.29) is 29.7 Å². The lowest BCUT2D eigenvalue weighted by molar-refractivity contribution is -0.136. The fourth-order valence-electron chi connectivity index (χ4n) is 5.19. The van der Waals surface area contributed by atoms with Crippen LogP contribution < -0.4 is 21.1 Å². The maximum atomic E-state index is 13.2. The molecule has 12 heteroatoms.